The van der Waals surface area contributed by atoms with E-state index in [4.69, 9.17) is 24.7 Å². The Morgan fingerprint density at radius 1 is 0.730 bits per heavy atom. The van der Waals surface area contributed by atoms with Gasteiger partial charge in [0.2, 0.25) is 0 Å². The van der Waals surface area contributed by atoms with Gasteiger partial charge < -0.3 is 15.2 Å². The van der Waals surface area contributed by atoms with Crippen LogP contribution in [0.4, 0.5) is 28.4 Å². The minimum absolute atomic E-state index is 0.0390. The van der Waals surface area contributed by atoms with Crippen LogP contribution >= 0.6 is 24.4 Å². The molecule has 1 unspecified atom stereocenters. The van der Waals surface area contributed by atoms with E-state index in [0.717, 1.165) is 36.4 Å². The molecule has 0 radical (unpaired) electrons. The highest BCUT2D eigenvalue weighted by Crippen LogP contribution is 2.49. The predicted molar refractivity (Wildman–Crippen MR) is 214 cm³/mol. The molecule has 0 saturated heterocycles. The molecule has 0 aliphatic carbocycles. The van der Waals surface area contributed by atoms with Crippen molar-refractivity contribution in [2.45, 2.75) is 19.6 Å². The predicted octanol–water partition coefficient (Wildman–Crippen LogP) is 4.95. The maximum Gasteiger partial charge on any atom is 0.296 e. The van der Waals surface area contributed by atoms with Crippen molar-refractivity contribution in [3.05, 3.63) is 54.6 Å². The molecule has 0 bridgehead atoms. The Hall–Kier alpha value is -4.09. The SMILES string of the molecule is COc1ccc(S(=O)(=O)CCS(=O)OOO)cc1/N=N/c1c(SOOO)cc2c(/N=N/c3ccc(S(=O)(=O)CCOSOOO)cc3S(=O)(=O)O)c(NCS(=O)(=O)O)ccc2c1O. The van der Waals surface area contributed by atoms with Gasteiger partial charge in [0.05, 0.1) is 63.4 Å². The van der Waals surface area contributed by atoms with Crippen molar-refractivity contribution >= 4 is 115 Å². The van der Waals surface area contributed by atoms with Gasteiger partial charge in [-0.3, -0.25) is 13.3 Å². The van der Waals surface area contributed by atoms with Crippen LogP contribution in [0.25, 0.3) is 10.8 Å². The summed E-state index contributed by atoms with van der Waals surface area (Å²) in [4.78, 5) is -2.35. The smallest absolute Gasteiger partial charge is 0.296 e. The van der Waals surface area contributed by atoms with E-state index in [-0.39, 0.29) is 62.1 Å². The van der Waals surface area contributed by atoms with E-state index in [9.17, 15) is 52.1 Å². The average Bonchev–Trinajstić information content (AvgIpc) is 3.22. The Morgan fingerprint density at radius 3 is 2.03 bits per heavy atom. The van der Waals surface area contributed by atoms with Crippen LogP contribution in [0.2, 0.25) is 0 Å². The van der Waals surface area contributed by atoms with E-state index in [1.807, 2.05) is 0 Å². The molecule has 28 nitrogen and oxygen atoms in total. The molecular formula is C28H29N5O23S7. The largest absolute Gasteiger partial charge is 0.505 e. The number of anilines is 1. The van der Waals surface area contributed by atoms with E-state index in [1.54, 1.807) is 0 Å². The zero-order valence-electron chi connectivity index (χ0n) is 31.0. The Kier molecular flexibility index (Phi) is 18.6. The van der Waals surface area contributed by atoms with Gasteiger partial charge in [-0.15, -0.1) is 33.5 Å². The van der Waals surface area contributed by atoms with Gasteiger partial charge in [-0.2, -0.15) is 16.8 Å². The zero-order valence-corrected chi connectivity index (χ0v) is 36.7. The second-order valence-corrected chi connectivity index (χ2v) is 20.9. The molecule has 0 spiro atoms. The lowest BCUT2D eigenvalue weighted by molar-refractivity contribution is -0.434. The van der Waals surface area contributed by atoms with Crippen LogP contribution in [0.3, 0.4) is 0 Å². The maximum absolute atomic E-state index is 13.0. The third-order valence-corrected chi connectivity index (χ3v) is 14.4. The van der Waals surface area contributed by atoms with Gasteiger partial charge >= 0.3 is 0 Å². The lowest BCUT2D eigenvalue weighted by atomic mass is 10.1. The van der Waals surface area contributed by atoms with Crippen LogP contribution in [-0.4, -0.2) is 105 Å². The number of fused-ring (bicyclic) bond motifs is 1. The Bertz CT molecular complexity index is 2830. The van der Waals surface area contributed by atoms with Crippen molar-refractivity contribution in [2.75, 3.05) is 42.2 Å². The molecule has 63 heavy (non-hydrogen) atoms. The number of methoxy groups -OCH3 is 1. The first-order valence-corrected chi connectivity index (χ1v) is 25.0. The zero-order chi connectivity index (χ0) is 46.6. The Balaban J connectivity index is 1.88. The minimum Gasteiger partial charge on any atom is -0.505 e. The fourth-order valence-corrected chi connectivity index (χ4v) is 10.2. The van der Waals surface area contributed by atoms with E-state index in [0.29, 0.717) is 6.07 Å². The fraction of sp³-hybridized carbons (Fsp3) is 0.214. The standard InChI is InChI=1S/C28H29N5O23S7/c1-49-23-7-3-16(61(41,42)11-9-59(38)56-53-37)12-22(23)31-33-27-24(57-54-51-35)14-19-18(28(27)34)4-6-21(29-15-62(43,44)45)26(19)32-30-20-5-2-17(13-25(20)63(46,47)48)60(39,40)10-8-50-58-55-52-36/h2-7,12-14,29,34-37H,8-11,15H2,1H3,(H,43,44,45)(H,46,47,48)/b32-30+,33-31+. The highest BCUT2D eigenvalue weighted by molar-refractivity contribution is 7.94. The number of azo groups is 2. The summed E-state index contributed by atoms with van der Waals surface area (Å²) >= 11 is -2.07. The number of phenolic OH excluding ortho intramolecular Hbond substituents is 1. The van der Waals surface area contributed by atoms with Crippen LogP contribution < -0.4 is 10.1 Å². The molecule has 0 fully saturated rings. The second-order valence-electron chi connectivity index (χ2n) is 11.4. The van der Waals surface area contributed by atoms with Gasteiger partial charge in [-0.1, -0.05) is 15.1 Å². The number of rotatable bonds is 25. The lowest BCUT2D eigenvalue weighted by Gasteiger charge is -2.14. The van der Waals surface area contributed by atoms with E-state index in [1.165, 1.54) is 19.2 Å². The molecule has 4 rings (SSSR count). The molecule has 0 aliphatic heterocycles. The first-order valence-electron chi connectivity index (χ1n) is 16.0. The number of phenols is 1. The number of sulfone groups is 2. The number of hydrogen-bond acceptors (Lipinski definition) is 28. The van der Waals surface area contributed by atoms with Crippen LogP contribution in [-0.2, 0) is 83.3 Å². The normalized spacial score (nSPS) is 13.3. The third kappa shape index (κ3) is 14.5. The van der Waals surface area contributed by atoms with Gasteiger partial charge in [-0.25, -0.2) is 36.8 Å². The van der Waals surface area contributed by atoms with Crippen molar-refractivity contribution in [3.8, 4) is 11.5 Å². The van der Waals surface area contributed by atoms with Crippen molar-refractivity contribution in [1.82, 2.24) is 0 Å². The summed E-state index contributed by atoms with van der Waals surface area (Å²) < 4.78 is 153. The average molecular weight is 1030 g/mol. The third-order valence-electron chi connectivity index (χ3n) is 7.56. The summed E-state index contributed by atoms with van der Waals surface area (Å²) in [6.07, 6.45) is 0. The van der Waals surface area contributed by atoms with Gasteiger partial charge in [-0.05, 0) is 54.6 Å². The molecule has 0 heterocycles. The molecule has 0 aromatic heterocycles. The van der Waals surface area contributed by atoms with Crippen molar-refractivity contribution in [2.24, 2.45) is 20.5 Å². The molecule has 346 valence electrons. The molecule has 0 saturated carbocycles. The summed E-state index contributed by atoms with van der Waals surface area (Å²) in [5, 5.41) is 65.0. The number of ether oxygens (including phenoxy) is 1. The number of aromatic hydroxyl groups is 1. The number of hydrogen-bond donors (Lipinski definition) is 7. The molecule has 4 aromatic rings. The highest BCUT2D eigenvalue weighted by atomic mass is 32.2. The summed E-state index contributed by atoms with van der Waals surface area (Å²) in [6, 6.07) is 9.08. The Morgan fingerprint density at radius 2 is 1.38 bits per heavy atom. The number of nitrogens with one attached hydrogen (secondary N) is 1. The summed E-state index contributed by atoms with van der Waals surface area (Å²) in [7, 11) is -17.3. The maximum atomic E-state index is 13.0. The molecule has 4 aromatic carbocycles. The molecule has 1 atom stereocenters. The molecule has 0 aliphatic rings. The van der Waals surface area contributed by atoms with Gasteiger partial charge in [0, 0.05) is 10.8 Å². The Labute approximate surface area is 365 Å². The van der Waals surface area contributed by atoms with Gasteiger partial charge in [0.1, 0.15) is 39.3 Å². The molecule has 35 heteroatoms. The molecule has 7 N–H and O–H groups in total. The van der Waals surface area contributed by atoms with Crippen LogP contribution in [0.5, 0.6) is 11.5 Å². The van der Waals surface area contributed by atoms with Gasteiger partial charge in [0.25, 0.3) is 20.2 Å². The van der Waals surface area contributed by atoms with Gasteiger partial charge in [0.15, 0.2) is 48.8 Å². The summed E-state index contributed by atoms with van der Waals surface area (Å²) in [5.74, 6) is -4.05. The minimum atomic E-state index is -5.26. The summed E-state index contributed by atoms with van der Waals surface area (Å²) in [6.45, 7) is -0.553. The molecular weight excluding hydrogens is 999 g/mol. The second kappa shape index (κ2) is 22.7. The van der Waals surface area contributed by atoms with Crippen molar-refractivity contribution in [3.63, 3.8) is 0 Å². The van der Waals surface area contributed by atoms with Crippen LogP contribution in [0.15, 0.2) is 94.6 Å². The first-order chi connectivity index (χ1) is 29.6. The quantitative estimate of drug-likeness (QED) is 0.0115. The summed E-state index contributed by atoms with van der Waals surface area (Å²) in [5.41, 5.74) is -2.04. The first kappa shape index (κ1) is 51.5. The number of nitrogens with zero attached hydrogens (tertiary/aromatic N) is 4. The van der Waals surface area contributed by atoms with E-state index < -0.39 is 113 Å². The highest BCUT2D eigenvalue weighted by Gasteiger charge is 2.25. The van der Waals surface area contributed by atoms with Crippen LogP contribution in [0, 0.1) is 0 Å². The molecule has 0 amide bonds. The van der Waals surface area contributed by atoms with Crippen LogP contribution in [0.1, 0.15) is 0 Å². The van der Waals surface area contributed by atoms with E-state index >= 15 is 0 Å². The lowest BCUT2D eigenvalue weighted by Crippen LogP contribution is -2.15. The fourth-order valence-electron chi connectivity index (χ4n) is 4.85. The van der Waals surface area contributed by atoms with Crippen molar-refractivity contribution < 1.29 is 105 Å². The van der Waals surface area contributed by atoms with E-state index in [2.05, 4.69) is 53.9 Å². The monoisotopic (exact) mass is 1030 g/mol. The number of benzene rings is 4. The van der Waals surface area contributed by atoms with Crippen molar-refractivity contribution in [1.29, 1.82) is 0 Å². The topological polar surface area (TPSA) is 410 Å².